The van der Waals surface area contributed by atoms with Crippen LogP contribution in [-0.4, -0.2) is 40.5 Å². The average Bonchev–Trinajstić information content (AvgIpc) is 2.49. The van der Waals surface area contributed by atoms with Crippen LogP contribution in [0.15, 0.2) is 24.3 Å². The van der Waals surface area contributed by atoms with Crippen molar-refractivity contribution in [2.45, 2.75) is 19.3 Å². The molecule has 1 fully saturated rings. The maximum Gasteiger partial charge on any atom is 0.119 e. The van der Waals surface area contributed by atoms with Crippen LogP contribution in [0.5, 0.6) is 11.5 Å². The van der Waals surface area contributed by atoms with Gasteiger partial charge in [-0.15, -0.1) is 0 Å². The summed E-state index contributed by atoms with van der Waals surface area (Å²) in [5.74, 6) is 1.76. The van der Waals surface area contributed by atoms with Gasteiger partial charge >= 0.3 is 0 Å². The van der Waals surface area contributed by atoms with E-state index in [0.717, 1.165) is 57.1 Å². The molecule has 1 aliphatic rings. The first-order chi connectivity index (χ1) is 9.78. The Kier molecular flexibility index (Phi) is 5.68. The molecule has 4 nitrogen and oxygen atoms in total. The van der Waals surface area contributed by atoms with E-state index in [0.29, 0.717) is 5.41 Å². The zero-order valence-electron chi connectivity index (χ0n) is 12.5. The predicted octanol–water partition coefficient (Wildman–Crippen LogP) is 2.48. The molecule has 0 aliphatic carbocycles. The fraction of sp³-hybridized carbons (Fsp3) is 0.625. The van der Waals surface area contributed by atoms with Crippen LogP contribution in [-0.2, 0) is 4.74 Å². The lowest BCUT2D eigenvalue weighted by molar-refractivity contribution is 0.00515. The van der Waals surface area contributed by atoms with E-state index in [1.807, 2.05) is 31.3 Å². The first-order valence-electron chi connectivity index (χ1n) is 7.27. The molecule has 1 heterocycles. The van der Waals surface area contributed by atoms with Crippen molar-refractivity contribution >= 4 is 0 Å². The second-order valence-corrected chi connectivity index (χ2v) is 5.42. The number of nitrogens with one attached hydrogen (secondary N) is 1. The minimum atomic E-state index is 0.319. The molecule has 0 amide bonds. The molecule has 4 heteroatoms. The molecule has 0 spiro atoms. The topological polar surface area (TPSA) is 39.7 Å². The maximum absolute atomic E-state index is 5.86. The zero-order valence-corrected chi connectivity index (χ0v) is 12.5. The summed E-state index contributed by atoms with van der Waals surface area (Å²) in [6, 6.07) is 7.75. The SMILES string of the molecule is CNCC1(CCOc2ccc(OC)cc2)CCOCC1. The quantitative estimate of drug-likeness (QED) is 0.832. The van der Waals surface area contributed by atoms with E-state index in [1.165, 1.54) is 0 Å². The summed E-state index contributed by atoms with van der Waals surface area (Å²) in [4.78, 5) is 0. The molecule has 1 aromatic carbocycles. The van der Waals surface area contributed by atoms with Crippen molar-refractivity contribution in [3.63, 3.8) is 0 Å². The summed E-state index contributed by atoms with van der Waals surface area (Å²) in [6.45, 7) is 3.50. The van der Waals surface area contributed by atoms with E-state index in [4.69, 9.17) is 14.2 Å². The molecule has 20 heavy (non-hydrogen) atoms. The second kappa shape index (κ2) is 7.50. The minimum absolute atomic E-state index is 0.319. The molecule has 1 aliphatic heterocycles. The van der Waals surface area contributed by atoms with Crippen LogP contribution in [0.3, 0.4) is 0 Å². The molecule has 0 atom stereocenters. The molecule has 0 saturated carbocycles. The van der Waals surface area contributed by atoms with Crippen LogP contribution in [0.1, 0.15) is 19.3 Å². The van der Waals surface area contributed by atoms with Crippen LogP contribution < -0.4 is 14.8 Å². The summed E-state index contributed by atoms with van der Waals surface area (Å²) in [5, 5.41) is 3.31. The summed E-state index contributed by atoms with van der Waals surface area (Å²) >= 11 is 0. The van der Waals surface area contributed by atoms with Gasteiger partial charge in [0.15, 0.2) is 0 Å². The molecule has 1 N–H and O–H groups in total. The molecule has 1 aromatic rings. The van der Waals surface area contributed by atoms with Crippen LogP contribution in [0.2, 0.25) is 0 Å². The van der Waals surface area contributed by atoms with E-state index in [9.17, 15) is 0 Å². The van der Waals surface area contributed by atoms with Crippen molar-refractivity contribution in [1.29, 1.82) is 0 Å². The van der Waals surface area contributed by atoms with Gasteiger partial charge in [0, 0.05) is 19.8 Å². The lowest BCUT2D eigenvalue weighted by Gasteiger charge is -2.37. The monoisotopic (exact) mass is 279 g/mol. The van der Waals surface area contributed by atoms with Crippen molar-refractivity contribution in [2.75, 3.05) is 40.5 Å². The minimum Gasteiger partial charge on any atom is -0.497 e. The van der Waals surface area contributed by atoms with Crippen LogP contribution in [0.4, 0.5) is 0 Å². The summed E-state index contributed by atoms with van der Waals surface area (Å²) in [5.41, 5.74) is 0.319. The number of rotatable bonds is 7. The number of hydrogen-bond donors (Lipinski definition) is 1. The van der Waals surface area contributed by atoms with Crippen molar-refractivity contribution < 1.29 is 14.2 Å². The molecule has 1 saturated heterocycles. The Morgan fingerprint density at radius 2 is 1.80 bits per heavy atom. The summed E-state index contributed by atoms with van der Waals surface area (Å²) in [7, 11) is 3.68. The Morgan fingerprint density at radius 3 is 2.40 bits per heavy atom. The van der Waals surface area contributed by atoms with Crippen LogP contribution in [0.25, 0.3) is 0 Å². The van der Waals surface area contributed by atoms with Gasteiger partial charge in [-0.25, -0.2) is 0 Å². The summed E-state index contributed by atoms with van der Waals surface area (Å²) in [6.07, 6.45) is 3.28. The van der Waals surface area contributed by atoms with Crippen molar-refractivity contribution in [3.05, 3.63) is 24.3 Å². The largest absolute Gasteiger partial charge is 0.497 e. The van der Waals surface area contributed by atoms with Gasteiger partial charge in [0.2, 0.25) is 0 Å². The summed E-state index contributed by atoms with van der Waals surface area (Å²) < 4.78 is 16.5. The van der Waals surface area contributed by atoms with E-state index < -0.39 is 0 Å². The fourth-order valence-electron chi connectivity index (χ4n) is 2.75. The van der Waals surface area contributed by atoms with Crippen LogP contribution >= 0.6 is 0 Å². The smallest absolute Gasteiger partial charge is 0.119 e. The highest BCUT2D eigenvalue weighted by Crippen LogP contribution is 2.33. The van der Waals surface area contributed by atoms with Gasteiger partial charge in [0.05, 0.1) is 13.7 Å². The molecular weight excluding hydrogens is 254 g/mol. The van der Waals surface area contributed by atoms with Crippen molar-refractivity contribution in [1.82, 2.24) is 5.32 Å². The van der Waals surface area contributed by atoms with Crippen molar-refractivity contribution in [2.24, 2.45) is 5.41 Å². The van der Waals surface area contributed by atoms with Gasteiger partial charge in [-0.1, -0.05) is 0 Å². The average molecular weight is 279 g/mol. The van der Waals surface area contributed by atoms with E-state index in [-0.39, 0.29) is 0 Å². The zero-order chi connectivity index (χ0) is 14.3. The van der Waals surface area contributed by atoms with Gasteiger partial charge in [-0.05, 0) is 56.0 Å². The maximum atomic E-state index is 5.86. The Morgan fingerprint density at radius 1 is 1.15 bits per heavy atom. The van der Waals surface area contributed by atoms with E-state index >= 15 is 0 Å². The molecule has 0 aromatic heterocycles. The number of ether oxygens (including phenoxy) is 3. The lowest BCUT2D eigenvalue weighted by Crippen LogP contribution is -2.39. The highest BCUT2D eigenvalue weighted by molar-refractivity contribution is 5.31. The molecule has 0 unspecified atom stereocenters. The third kappa shape index (κ3) is 4.12. The highest BCUT2D eigenvalue weighted by atomic mass is 16.5. The number of hydrogen-bond acceptors (Lipinski definition) is 4. The van der Waals surface area contributed by atoms with Gasteiger partial charge in [-0.2, -0.15) is 0 Å². The standard InChI is InChI=1S/C16H25NO3/c1-17-13-16(7-10-19-11-8-16)9-12-20-15-5-3-14(18-2)4-6-15/h3-6,17H,7-13H2,1-2H3. The Hall–Kier alpha value is -1.26. The Bertz CT molecular complexity index is 380. The first-order valence-corrected chi connectivity index (χ1v) is 7.27. The molecule has 0 bridgehead atoms. The van der Waals surface area contributed by atoms with Crippen molar-refractivity contribution in [3.8, 4) is 11.5 Å². The second-order valence-electron chi connectivity index (χ2n) is 5.42. The predicted molar refractivity (Wildman–Crippen MR) is 79.5 cm³/mol. The van der Waals surface area contributed by atoms with E-state index in [2.05, 4.69) is 5.32 Å². The normalized spacial score (nSPS) is 17.7. The molecular formula is C16H25NO3. The third-order valence-corrected chi connectivity index (χ3v) is 4.07. The van der Waals surface area contributed by atoms with E-state index in [1.54, 1.807) is 7.11 Å². The van der Waals surface area contributed by atoms with Gasteiger partial charge in [0.25, 0.3) is 0 Å². The van der Waals surface area contributed by atoms with Gasteiger partial charge in [-0.3, -0.25) is 0 Å². The van der Waals surface area contributed by atoms with Crippen LogP contribution in [0, 0.1) is 5.41 Å². The Balaban J connectivity index is 1.82. The van der Waals surface area contributed by atoms with Gasteiger partial charge < -0.3 is 19.5 Å². The lowest BCUT2D eigenvalue weighted by atomic mass is 9.77. The number of benzene rings is 1. The fourth-order valence-corrected chi connectivity index (χ4v) is 2.75. The molecule has 112 valence electrons. The third-order valence-electron chi connectivity index (χ3n) is 4.07. The molecule has 2 rings (SSSR count). The number of methoxy groups -OCH3 is 1. The van der Waals surface area contributed by atoms with Gasteiger partial charge in [0.1, 0.15) is 11.5 Å². The molecule has 0 radical (unpaired) electrons. The Labute approximate surface area is 121 Å². The first kappa shape index (κ1) is 15.1. The highest BCUT2D eigenvalue weighted by Gasteiger charge is 2.31.